The third-order valence-corrected chi connectivity index (χ3v) is 7.59. The zero-order valence-electron chi connectivity index (χ0n) is 16.6. The molecule has 2 aliphatic heterocycles. The van der Waals surface area contributed by atoms with Crippen LogP contribution in [0.1, 0.15) is 18.5 Å². The Balaban J connectivity index is 1.26. The first-order chi connectivity index (χ1) is 14.6. The van der Waals surface area contributed by atoms with Crippen molar-refractivity contribution < 1.29 is 12.9 Å². The molecular weight excluding hydrogens is 404 g/mol. The second-order valence-corrected chi connectivity index (χ2v) is 9.67. The summed E-state index contributed by atoms with van der Waals surface area (Å²) in [7, 11) is -3.48. The Kier molecular flexibility index (Phi) is 5.03. The SMILES string of the molecule is O=S(=O)(Cc1noc2ccccc12)N1CCN(c2cc(N3CCCC3)ncn2)CC1. The van der Waals surface area contributed by atoms with Gasteiger partial charge in [0.1, 0.15) is 29.4 Å². The molecule has 2 saturated heterocycles. The Morgan fingerprint density at radius 1 is 0.900 bits per heavy atom. The van der Waals surface area contributed by atoms with E-state index < -0.39 is 10.0 Å². The maximum atomic E-state index is 13.0. The van der Waals surface area contributed by atoms with Gasteiger partial charge >= 0.3 is 0 Å². The fourth-order valence-electron chi connectivity index (χ4n) is 4.13. The maximum absolute atomic E-state index is 13.0. The van der Waals surface area contributed by atoms with Crippen molar-refractivity contribution in [3.8, 4) is 0 Å². The number of para-hydroxylation sites is 1. The van der Waals surface area contributed by atoms with Crippen molar-refractivity contribution in [3.05, 3.63) is 42.4 Å². The molecule has 3 aromatic rings. The first-order valence-corrected chi connectivity index (χ1v) is 11.8. The Labute approximate surface area is 175 Å². The lowest BCUT2D eigenvalue weighted by Gasteiger charge is -2.34. The van der Waals surface area contributed by atoms with Crippen LogP contribution in [0.15, 0.2) is 41.2 Å². The highest BCUT2D eigenvalue weighted by molar-refractivity contribution is 7.88. The molecule has 30 heavy (non-hydrogen) atoms. The van der Waals surface area contributed by atoms with Crippen LogP contribution in [0.3, 0.4) is 0 Å². The van der Waals surface area contributed by atoms with Crippen molar-refractivity contribution in [1.29, 1.82) is 0 Å². The lowest BCUT2D eigenvalue weighted by molar-refractivity contribution is 0.381. The van der Waals surface area contributed by atoms with Gasteiger partial charge in [-0.05, 0) is 25.0 Å². The first kappa shape index (κ1) is 19.3. The van der Waals surface area contributed by atoms with E-state index in [9.17, 15) is 8.42 Å². The van der Waals surface area contributed by atoms with E-state index in [1.807, 2.05) is 24.3 Å². The fraction of sp³-hybridized carbons (Fsp3) is 0.450. The second kappa shape index (κ2) is 7.84. The number of piperazine rings is 1. The molecule has 0 saturated carbocycles. The quantitative estimate of drug-likeness (QED) is 0.608. The van der Waals surface area contributed by atoms with Crippen LogP contribution in [0, 0.1) is 0 Å². The van der Waals surface area contributed by atoms with Crippen LogP contribution in [0.5, 0.6) is 0 Å². The summed E-state index contributed by atoms with van der Waals surface area (Å²) in [6.07, 6.45) is 3.98. The van der Waals surface area contributed by atoms with Gasteiger partial charge in [-0.2, -0.15) is 4.31 Å². The monoisotopic (exact) mass is 428 g/mol. The number of hydrogen-bond acceptors (Lipinski definition) is 8. The van der Waals surface area contributed by atoms with Crippen LogP contribution in [0.2, 0.25) is 0 Å². The molecule has 0 bridgehead atoms. The topological polar surface area (TPSA) is 95.7 Å². The van der Waals surface area contributed by atoms with Crippen LogP contribution >= 0.6 is 0 Å². The minimum absolute atomic E-state index is 0.156. The Bertz CT molecular complexity index is 1130. The van der Waals surface area contributed by atoms with Crippen molar-refractivity contribution in [1.82, 2.24) is 19.4 Å². The molecule has 4 heterocycles. The summed E-state index contributed by atoms with van der Waals surface area (Å²) in [5.74, 6) is 1.65. The molecule has 0 aliphatic carbocycles. The molecule has 2 fully saturated rings. The van der Waals surface area contributed by atoms with Crippen LogP contribution in [-0.4, -0.2) is 67.1 Å². The summed E-state index contributed by atoms with van der Waals surface area (Å²) < 4.78 is 32.7. The number of aromatic nitrogens is 3. The number of benzene rings is 1. The highest BCUT2D eigenvalue weighted by Crippen LogP contribution is 2.24. The predicted molar refractivity (Wildman–Crippen MR) is 114 cm³/mol. The summed E-state index contributed by atoms with van der Waals surface area (Å²) in [5, 5.41) is 4.72. The zero-order chi connectivity index (χ0) is 20.6. The van der Waals surface area contributed by atoms with Crippen LogP contribution in [0.25, 0.3) is 11.0 Å². The summed E-state index contributed by atoms with van der Waals surface area (Å²) in [4.78, 5) is 13.2. The van der Waals surface area contributed by atoms with Gasteiger partial charge in [0.2, 0.25) is 10.0 Å². The molecule has 10 heteroatoms. The first-order valence-electron chi connectivity index (χ1n) is 10.2. The van der Waals surface area contributed by atoms with E-state index in [2.05, 4.69) is 24.9 Å². The molecule has 0 atom stereocenters. The van der Waals surface area contributed by atoms with Gasteiger partial charge in [0, 0.05) is 50.7 Å². The van der Waals surface area contributed by atoms with Crippen LogP contribution in [-0.2, 0) is 15.8 Å². The summed E-state index contributed by atoms with van der Waals surface area (Å²) in [6.45, 7) is 4.07. The second-order valence-electron chi connectivity index (χ2n) is 7.70. The van der Waals surface area contributed by atoms with Crippen molar-refractivity contribution >= 4 is 32.6 Å². The van der Waals surface area contributed by atoms with Gasteiger partial charge in [0.25, 0.3) is 0 Å². The number of rotatable bonds is 5. The molecule has 0 spiro atoms. The molecule has 5 rings (SSSR count). The van der Waals surface area contributed by atoms with Gasteiger partial charge < -0.3 is 14.3 Å². The number of fused-ring (bicyclic) bond motifs is 1. The number of nitrogens with zero attached hydrogens (tertiary/aromatic N) is 6. The number of anilines is 2. The van der Waals surface area contributed by atoms with Gasteiger partial charge in [-0.15, -0.1) is 0 Å². The number of hydrogen-bond donors (Lipinski definition) is 0. The van der Waals surface area contributed by atoms with Gasteiger partial charge in [0.05, 0.1) is 0 Å². The summed E-state index contributed by atoms with van der Waals surface area (Å²) in [6, 6.07) is 9.33. The fourth-order valence-corrected chi connectivity index (χ4v) is 5.59. The largest absolute Gasteiger partial charge is 0.356 e. The number of sulfonamides is 1. The van der Waals surface area contributed by atoms with E-state index in [4.69, 9.17) is 4.52 Å². The van der Waals surface area contributed by atoms with E-state index >= 15 is 0 Å². The standard InChI is InChI=1S/C20H24N6O3S/c27-30(28,14-17-16-5-1-2-6-18(16)29-23-17)26-11-9-25(10-12-26)20-13-19(21-15-22-20)24-7-3-4-8-24/h1-2,5-6,13,15H,3-4,7-12,14H2. The molecule has 0 unspecified atom stereocenters. The molecule has 0 N–H and O–H groups in total. The van der Waals surface area contributed by atoms with E-state index in [1.54, 1.807) is 12.4 Å². The van der Waals surface area contributed by atoms with E-state index in [0.29, 0.717) is 37.5 Å². The average Bonchev–Trinajstić information content (AvgIpc) is 3.45. The Morgan fingerprint density at radius 3 is 2.30 bits per heavy atom. The Morgan fingerprint density at radius 2 is 1.57 bits per heavy atom. The highest BCUT2D eigenvalue weighted by atomic mass is 32.2. The van der Waals surface area contributed by atoms with E-state index in [0.717, 1.165) is 30.1 Å². The minimum Gasteiger partial charge on any atom is -0.356 e. The van der Waals surface area contributed by atoms with E-state index in [1.165, 1.54) is 17.1 Å². The molecule has 158 valence electrons. The van der Waals surface area contributed by atoms with Gasteiger partial charge in [-0.25, -0.2) is 18.4 Å². The lowest BCUT2D eigenvalue weighted by atomic mass is 10.2. The maximum Gasteiger partial charge on any atom is 0.220 e. The van der Waals surface area contributed by atoms with Crippen LogP contribution < -0.4 is 9.80 Å². The van der Waals surface area contributed by atoms with Gasteiger partial charge in [-0.3, -0.25) is 0 Å². The van der Waals surface area contributed by atoms with Gasteiger partial charge in [0.15, 0.2) is 5.58 Å². The van der Waals surface area contributed by atoms with Crippen molar-refractivity contribution in [2.75, 3.05) is 49.1 Å². The highest BCUT2D eigenvalue weighted by Gasteiger charge is 2.29. The third-order valence-electron chi connectivity index (χ3n) is 5.80. The Hall–Kier alpha value is -2.72. The molecule has 0 radical (unpaired) electrons. The average molecular weight is 429 g/mol. The molecule has 1 aromatic carbocycles. The van der Waals surface area contributed by atoms with E-state index in [-0.39, 0.29) is 5.75 Å². The van der Waals surface area contributed by atoms with Crippen LogP contribution in [0.4, 0.5) is 11.6 Å². The molecule has 9 nitrogen and oxygen atoms in total. The van der Waals surface area contributed by atoms with Crippen molar-refractivity contribution in [3.63, 3.8) is 0 Å². The predicted octanol–water partition coefficient (Wildman–Crippen LogP) is 1.87. The van der Waals surface area contributed by atoms with Crippen molar-refractivity contribution in [2.45, 2.75) is 18.6 Å². The molecular formula is C20H24N6O3S. The molecule has 2 aromatic heterocycles. The van der Waals surface area contributed by atoms with Gasteiger partial charge in [-0.1, -0.05) is 17.3 Å². The smallest absolute Gasteiger partial charge is 0.220 e. The third kappa shape index (κ3) is 3.72. The minimum atomic E-state index is -3.48. The van der Waals surface area contributed by atoms with Crippen molar-refractivity contribution in [2.24, 2.45) is 0 Å². The zero-order valence-corrected chi connectivity index (χ0v) is 17.5. The normalized spacial score (nSPS) is 18.4. The molecule has 0 amide bonds. The summed E-state index contributed by atoms with van der Waals surface area (Å²) in [5.41, 5.74) is 1.06. The summed E-state index contributed by atoms with van der Waals surface area (Å²) >= 11 is 0. The lowest BCUT2D eigenvalue weighted by Crippen LogP contribution is -2.49. The molecule has 2 aliphatic rings.